The zero-order valence-corrected chi connectivity index (χ0v) is 11.2. The highest BCUT2D eigenvalue weighted by molar-refractivity contribution is 7.89. The molecule has 1 fully saturated rings. The molecule has 0 atom stereocenters. The molecule has 0 radical (unpaired) electrons. The van der Waals surface area contributed by atoms with Gasteiger partial charge in [-0.2, -0.15) is 0 Å². The van der Waals surface area contributed by atoms with Crippen molar-refractivity contribution in [2.24, 2.45) is 0 Å². The van der Waals surface area contributed by atoms with Crippen molar-refractivity contribution in [1.82, 2.24) is 4.72 Å². The van der Waals surface area contributed by atoms with Crippen molar-refractivity contribution in [1.29, 1.82) is 0 Å². The Morgan fingerprint density at radius 1 is 1.33 bits per heavy atom. The average molecular weight is 270 g/mol. The minimum absolute atomic E-state index is 0.0540. The summed E-state index contributed by atoms with van der Waals surface area (Å²) >= 11 is 0. The fourth-order valence-corrected chi connectivity index (χ4v) is 3.55. The van der Waals surface area contributed by atoms with Crippen molar-refractivity contribution in [3.63, 3.8) is 0 Å². The largest absolute Gasteiger partial charge is 0.495 e. The van der Waals surface area contributed by atoms with E-state index in [0.29, 0.717) is 11.4 Å². The third-order valence-corrected chi connectivity index (χ3v) is 4.71. The molecular weight excluding hydrogens is 252 g/mol. The van der Waals surface area contributed by atoms with Crippen LogP contribution < -0.4 is 15.2 Å². The second-order valence-electron chi connectivity index (χ2n) is 4.51. The van der Waals surface area contributed by atoms with E-state index < -0.39 is 10.0 Å². The predicted octanol–water partition coefficient (Wildman–Crippen LogP) is 1.50. The molecule has 1 aromatic rings. The van der Waals surface area contributed by atoms with E-state index in [1.165, 1.54) is 19.2 Å². The van der Waals surface area contributed by atoms with Crippen LogP contribution in [0.15, 0.2) is 23.1 Å². The number of nitrogens with two attached hydrogens (primary N) is 1. The Bertz CT molecular complexity index is 522. The number of nitrogen functional groups attached to an aromatic ring is 1. The van der Waals surface area contributed by atoms with Gasteiger partial charge in [-0.25, -0.2) is 13.1 Å². The Balaban J connectivity index is 2.21. The zero-order valence-electron chi connectivity index (χ0n) is 10.3. The maximum absolute atomic E-state index is 12.1. The summed E-state index contributed by atoms with van der Waals surface area (Å²) in [6.45, 7) is 0. The normalized spacial score (nSPS) is 16.9. The summed E-state index contributed by atoms with van der Waals surface area (Å²) in [5.74, 6) is 0.481. The van der Waals surface area contributed by atoms with E-state index >= 15 is 0 Å². The lowest BCUT2D eigenvalue weighted by Gasteiger charge is -2.13. The number of hydrogen-bond donors (Lipinski definition) is 2. The second kappa shape index (κ2) is 5.16. The molecule has 0 amide bonds. The van der Waals surface area contributed by atoms with Gasteiger partial charge in [0, 0.05) is 6.04 Å². The van der Waals surface area contributed by atoms with Gasteiger partial charge in [0.15, 0.2) is 0 Å². The summed E-state index contributed by atoms with van der Waals surface area (Å²) in [5, 5.41) is 0. The van der Waals surface area contributed by atoms with Gasteiger partial charge in [-0.3, -0.25) is 0 Å². The Kier molecular flexibility index (Phi) is 3.77. The van der Waals surface area contributed by atoms with Crippen LogP contribution in [0.5, 0.6) is 5.75 Å². The Hall–Kier alpha value is -1.27. The fourth-order valence-electron chi connectivity index (χ4n) is 2.21. The van der Waals surface area contributed by atoms with E-state index in [1.54, 1.807) is 6.07 Å². The van der Waals surface area contributed by atoms with E-state index in [-0.39, 0.29) is 10.9 Å². The molecule has 6 heteroatoms. The van der Waals surface area contributed by atoms with Gasteiger partial charge in [-0.1, -0.05) is 12.8 Å². The minimum Gasteiger partial charge on any atom is -0.495 e. The van der Waals surface area contributed by atoms with Crippen molar-refractivity contribution in [3.8, 4) is 5.75 Å². The van der Waals surface area contributed by atoms with Crippen LogP contribution in [0.2, 0.25) is 0 Å². The highest BCUT2D eigenvalue weighted by atomic mass is 32.2. The van der Waals surface area contributed by atoms with E-state index in [0.717, 1.165) is 25.7 Å². The van der Waals surface area contributed by atoms with Gasteiger partial charge in [0.05, 0.1) is 17.7 Å². The third-order valence-electron chi connectivity index (χ3n) is 3.19. The second-order valence-corrected chi connectivity index (χ2v) is 6.22. The Labute approximate surface area is 107 Å². The van der Waals surface area contributed by atoms with Gasteiger partial charge in [0.1, 0.15) is 5.75 Å². The highest BCUT2D eigenvalue weighted by Crippen LogP contribution is 2.25. The van der Waals surface area contributed by atoms with Gasteiger partial charge >= 0.3 is 0 Å². The molecule has 100 valence electrons. The third kappa shape index (κ3) is 2.76. The number of rotatable bonds is 4. The van der Waals surface area contributed by atoms with Crippen LogP contribution in [-0.2, 0) is 10.0 Å². The standard InChI is InChI=1S/C12H18N2O3S/c1-17-12-7-6-10(8-11(12)13)18(15,16)14-9-4-2-3-5-9/h6-9,14H,2-5,13H2,1H3. The molecular formula is C12H18N2O3S. The van der Waals surface area contributed by atoms with Crippen LogP contribution in [0.4, 0.5) is 5.69 Å². The Morgan fingerprint density at radius 2 is 2.00 bits per heavy atom. The SMILES string of the molecule is COc1ccc(S(=O)(=O)NC2CCCC2)cc1N. The number of anilines is 1. The molecule has 0 heterocycles. The quantitative estimate of drug-likeness (QED) is 0.812. The topological polar surface area (TPSA) is 81.4 Å². The molecule has 0 bridgehead atoms. The molecule has 5 nitrogen and oxygen atoms in total. The first kappa shape index (κ1) is 13.2. The summed E-state index contributed by atoms with van der Waals surface area (Å²) in [4.78, 5) is 0.188. The number of hydrogen-bond acceptors (Lipinski definition) is 4. The highest BCUT2D eigenvalue weighted by Gasteiger charge is 2.23. The molecule has 3 N–H and O–H groups in total. The van der Waals surface area contributed by atoms with Gasteiger partial charge in [0.2, 0.25) is 10.0 Å². The van der Waals surface area contributed by atoms with Gasteiger partial charge < -0.3 is 10.5 Å². The first-order valence-electron chi connectivity index (χ1n) is 5.99. The maximum atomic E-state index is 12.1. The molecule has 1 aliphatic rings. The Morgan fingerprint density at radius 3 is 2.56 bits per heavy atom. The lowest BCUT2D eigenvalue weighted by molar-refractivity contribution is 0.416. The maximum Gasteiger partial charge on any atom is 0.240 e. The van der Waals surface area contributed by atoms with Crippen molar-refractivity contribution < 1.29 is 13.2 Å². The molecule has 0 spiro atoms. The van der Waals surface area contributed by atoms with E-state index in [2.05, 4.69) is 4.72 Å². The molecule has 1 aromatic carbocycles. The van der Waals surface area contributed by atoms with E-state index in [4.69, 9.17) is 10.5 Å². The summed E-state index contributed by atoms with van der Waals surface area (Å²) in [5.41, 5.74) is 6.05. The molecule has 0 aliphatic heterocycles. The van der Waals surface area contributed by atoms with Crippen molar-refractivity contribution in [2.45, 2.75) is 36.6 Å². The number of ether oxygens (including phenoxy) is 1. The summed E-state index contributed by atoms with van der Waals surface area (Å²) < 4.78 is 32.0. The van der Waals surface area contributed by atoms with E-state index in [1.807, 2.05) is 0 Å². The fraction of sp³-hybridized carbons (Fsp3) is 0.500. The molecule has 1 saturated carbocycles. The first-order valence-corrected chi connectivity index (χ1v) is 7.47. The zero-order chi connectivity index (χ0) is 13.2. The molecule has 1 aliphatic carbocycles. The number of sulfonamides is 1. The molecule has 0 unspecified atom stereocenters. The van der Waals surface area contributed by atoms with Crippen molar-refractivity contribution in [2.75, 3.05) is 12.8 Å². The summed E-state index contributed by atoms with van der Waals surface area (Å²) in [6.07, 6.45) is 3.98. The predicted molar refractivity (Wildman–Crippen MR) is 70.0 cm³/mol. The monoisotopic (exact) mass is 270 g/mol. The number of benzene rings is 1. The van der Waals surface area contributed by atoms with Crippen LogP contribution in [0.3, 0.4) is 0 Å². The van der Waals surface area contributed by atoms with Gasteiger partial charge in [0.25, 0.3) is 0 Å². The molecule has 0 saturated heterocycles. The van der Waals surface area contributed by atoms with Gasteiger partial charge in [-0.05, 0) is 31.0 Å². The van der Waals surface area contributed by atoms with Gasteiger partial charge in [-0.15, -0.1) is 0 Å². The van der Waals surface area contributed by atoms with Crippen LogP contribution >= 0.6 is 0 Å². The first-order chi connectivity index (χ1) is 8.53. The van der Waals surface area contributed by atoms with E-state index in [9.17, 15) is 8.42 Å². The van der Waals surface area contributed by atoms with Crippen molar-refractivity contribution in [3.05, 3.63) is 18.2 Å². The molecule has 2 rings (SSSR count). The lowest BCUT2D eigenvalue weighted by Crippen LogP contribution is -2.32. The lowest BCUT2D eigenvalue weighted by atomic mass is 10.3. The summed E-state index contributed by atoms with van der Waals surface area (Å²) in [7, 11) is -1.98. The van der Waals surface area contributed by atoms with Crippen LogP contribution in [0.25, 0.3) is 0 Å². The molecule has 0 aromatic heterocycles. The minimum atomic E-state index is -3.48. The van der Waals surface area contributed by atoms with Crippen molar-refractivity contribution >= 4 is 15.7 Å². The van der Waals surface area contributed by atoms with Crippen LogP contribution in [0.1, 0.15) is 25.7 Å². The van der Waals surface area contributed by atoms with Crippen LogP contribution in [0, 0.1) is 0 Å². The average Bonchev–Trinajstić information content (AvgIpc) is 2.81. The number of nitrogens with one attached hydrogen (secondary N) is 1. The van der Waals surface area contributed by atoms with Crippen LogP contribution in [-0.4, -0.2) is 21.6 Å². The smallest absolute Gasteiger partial charge is 0.240 e. The molecule has 18 heavy (non-hydrogen) atoms. The number of methoxy groups -OCH3 is 1. The summed E-state index contributed by atoms with van der Waals surface area (Å²) in [6, 6.07) is 4.56.